The molecule has 3 heteroatoms. The highest BCUT2D eigenvalue weighted by Crippen LogP contribution is 2.25. The van der Waals surface area contributed by atoms with E-state index >= 15 is 0 Å². The fraction of sp³-hybridized carbons (Fsp3) is 0.818. The van der Waals surface area contributed by atoms with Gasteiger partial charge in [-0.15, -0.1) is 0 Å². The number of nitrogens with zero attached hydrogens (tertiary/aromatic N) is 1. The highest BCUT2D eigenvalue weighted by Gasteiger charge is 2.40. The highest BCUT2D eigenvalue weighted by molar-refractivity contribution is 4.84. The summed E-state index contributed by atoms with van der Waals surface area (Å²) in [6.07, 6.45) is 24.6. The van der Waals surface area contributed by atoms with Crippen molar-refractivity contribution in [1.82, 2.24) is 5.32 Å². The van der Waals surface area contributed by atoms with Crippen molar-refractivity contribution in [3.05, 3.63) is 24.6 Å². The Labute approximate surface area is 156 Å². The van der Waals surface area contributed by atoms with Gasteiger partial charge in [-0.2, -0.15) is 0 Å². The molecule has 1 aliphatic heterocycles. The lowest BCUT2D eigenvalue weighted by atomic mass is 10.1. The predicted octanol–water partition coefficient (Wildman–Crippen LogP) is 5.82. The quantitative estimate of drug-likeness (QED) is 0.221. The summed E-state index contributed by atoms with van der Waals surface area (Å²) < 4.78 is 0.671. The van der Waals surface area contributed by atoms with E-state index < -0.39 is 0 Å². The average molecular weight is 352 g/mol. The standard InChI is InChI=1S/C22H43N2O/c1-4-6-7-8-9-10-11-12-13-14-15-16-17-18-22-23-19-20-24(22,5-2)21(3)25/h9-10,19-23,25H,4-8,11-18H2,1-3H3/q+1/b10-9+. The zero-order valence-corrected chi connectivity index (χ0v) is 17.1. The third-order valence-electron chi connectivity index (χ3n) is 5.70. The van der Waals surface area contributed by atoms with Crippen LogP contribution in [0, 0.1) is 0 Å². The Bertz CT molecular complexity index is 378. The second kappa shape index (κ2) is 13.4. The molecule has 1 rings (SSSR count). The summed E-state index contributed by atoms with van der Waals surface area (Å²) in [7, 11) is 0. The van der Waals surface area contributed by atoms with Gasteiger partial charge in [0.15, 0.2) is 12.4 Å². The lowest BCUT2D eigenvalue weighted by Gasteiger charge is -2.39. The van der Waals surface area contributed by atoms with E-state index in [-0.39, 0.29) is 6.23 Å². The molecule has 3 nitrogen and oxygen atoms in total. The molecule has 0 aromatic carbocycles. The molecule has 3 unspecified atom stereocenters. The molecule has 0 aliphatic carbocycles. The van der Waals surface area contributed by atoms with Gasteiger partial charge in [0.1, 0.15) is 6.20 Å². The molecule has 0 saturated heterocycles. The molecular formula is C22H43N2O+. The number of aliphatic hydroxyl groups excluding tert-OH is 1. The van der Waals surface area contributed by atoms with Crippen LogP contribution in [-0.2, 0) is 0 Å². The maximum atomic E-state index is 10.2. The summed E-state index contributed by atoms with van der Waals surface area (Å²) in [5.74, 6) is 0. The minimum atomic E-state index is -0.337. The zero-order valence-electron chi connectivity index (χ0n) is 17.1. The number of quaternary nitrogens is 1. The van der Waals surface area contributed by atoms with Crippen molar-refractivity contribution < 1.29 is 9.59 Å². The van der Waals surface area contributed by atoms with Crippen LogP contribution in [0.1, 0.15) is 97.8 Å². The van der Waals surface area contributed by atoms with Gasteiger partial charge in [0.2, 0.25) is 0 Å². The maximum Gasteiger partial charge on any atom is 0.193 e. The first-order valence-electron chi connectivity index (χ1n) is 10.8. The minimum absolute atomic E-state index is 0.337. The molecule has 0 amide bonds. The van der Waals surface area contributed by atoms with E-state index in [0.29, 0.717) is 10.6 Å². The molecule has 1 heterocycles. The van der Waals surface area contributed by atoms with Crippen LogP contribution in [0.2, 0.25) is 0 Å². The average Bonchev–Trinajstić information content (AvgIpc) is 3.03. The molecule has 2 N–H and O–H groups in total. The number of hydrogen-bond donors (Lipinski definition) is 2. The smallest absolute Gasteiger partial charge is 0.193 e. The van der Waals surface area contributed by atoms with Crippen LogP contribution in [0.3, 0.4) is 0 Å². The Morgan fingerprint density at radius 2 is 1.56 bits per heavy atom. The van der Waals surface area contributed by atoms with Crippen molar-refractivity contribution in [1.29, 1.82) is 0 Å². The second-order valence-corrected chi connectivity index (χ2v) is 7.61. The van der Waals surface area contributed by atoms with Gasteiger partial charge in [-0.1, -0.05) is 57.6 Å². The fourth-order valence-electron chi connectivity index (χ4n) is 3.89. The molecule has 0 aromatic heterocycles. The molecule has 25 heavy (non-hydrogen) atoms. The van der Waals surface area contributed by atoms with Crippen molar-refractivity contribution >= 4 is 0 Å². The number of aliphatic hydroxyl groups is 1. The van der Waals surface area contributed by atoms with Crippen LogP contribution >= 0.6 is 0 Å². The first kappa shape index (κ1) is 22.2. The Morgan fingerprint density at radius 1 is 0.960 bits per heavy atom. The van der Waals surface area contributed by atoms with Crippen LogP contribution in [0.5, 0.6) is 0 Å². The van der Waals surface area contributed by atoms with Crippen LogP contribution in [0.15, 0.2) is 24.6 Å². The Morgan fingerprint density at radius 3 is 2.16 bits per heavy atom. The maximum absolute atomic E-state index is 10.2. The number of allylic oxidation sites excluding steroid dienone is 2. The van der Waals surface area contributed by atoms with Gasteiger partial charge in [0, 0.05) is 13.3 Å². The lowest BCUT2D eigenvalue weighted by molar-refractivity contribution is -0.942. The molecule has 1 aliphatic rings. The monoisotopic (exact) mass is 351 g/mol. The summed E-state index contributed by atoms with van der Waals surface area (Å²) in [5, 5.41) is 13.6. The Hall–Kier alpha value is -0.800. The molecule has 0 radical (unpaired) electrons. The van der Waals surface area contributed by atoms with Crippen molar-refractivity contribution in [2.45, 2.75) is 110 Å². The summed E-state index contributed by atoms with van der Waals surface area (Å²) in [6, 6.07) is 0. The van der Waals surface area contributed by atoms with E-state index in [1.165, 1.54) is 70.6 Å². The Balaban J connectivity index is 1.99. The van der Waals surface area contributed by atoms with Crippen molar-refractivity contribution in [3.8, 4) is 0 Å². The molecule has 0 fully saturated rings. The normalized spacial score (nSPS) is 24.1. The first-order valence-corrected chi connectivity index (χ1v) is 10.8. The third kappa shape index (κ3) is 7.96. The summed E-state index contributed by atoms with van der Waals surface area (Å²) in [6.45, 7) is 7.27. The van der Waals surface area contributed by atoms with Gasteiger partial charge in [0.05, 0.1) is 12.7 Å². The van der Waals surface area contributed by atoms with Gasteiger partial charge >= 0.3 is 0 Å². The predicted molar refractivity (Wildman–Crippen MR) is 109 cm³/mol. The second-order valence-electron chi connectivity index (χ2n) is 7.61. The van der Waals surface area contributed by atoms with Crippen molar-refractivity contribution in [2.75, 3.05) is 6.54 Å². The number of rotatable bonds is 15. The van der Waals surface area contributed by atoms with Crippen LogP contribution in [0.25, 0.3) is 0 Å². The fourth-order valence-corrected chi connectivity index (χ4v) is 3.89. The number of hydrogen-bond acceptors (Lipinski definition) is 2. The van der Waals surface area contributed by atoms with E-state index in [1.807, 2.05) is 13.1 Å². The minimum Gasteiger partial charge on any atom is -0.345 e. The Kier molecular flexibility index (Phi) is 11.9. The van der Waals surface area contributed by atoms with Crippen LogP contribution in [0.4, 0.5) is 0 Å². The molecule has 146 valence electrons. The van der Waals surface area contributed by atoms with E-state index in [2.05, 4.69) is 37.5 Å². The van der Waals surface area contributed by atoms with E-state index in [1.54, 1.807) is 0 Å². The SMILES string of the molecule is CCCCC/C=C/CCCCCCCCC1NC=C[N+]1(CC)C(C)O. The summed E-state index contributed by atoms with van der Waals surface area (Å²) in [5.41, 5.74) is 0. The third-order valence-corrected chi connectivity index (χ3v) is 5.70. The summed E-state index contributed by atoms with van der Waals surface area (Å²) >= 11 is 0. The molecule has 0 spiro atoms. The zero-order chi connectivity index (χ0) is 18.4. The molecular weight excluding hydrogens is 308 g/mol. The lowest BCUT2D eigenvalue weighted by Crippen LogP contribution is -2.57. The van der Waals surface area contributed by atoms with Gasteiger partial charge < -0.3 is 10.4 Å². The summed E-state index contributed by atoms with van der Waals surface area (Å²) in [4.78, 5) is 0. The van der Waals surface area contributed by atoms with Crippen molar-refractivity contribution in [2.24, 2.45) is 0 Å². The van der Waals surface area contributed by atoms with Gasteiger partial charge in [-0.25, -0.2) is 0 Å². The highest BCUT2D eigenvalue weighted by atomic mass is 16.3. The molecule has 0 aromatic rings. The topological polar surface area (TPSA) is 32.3 Å². The van der Waals surface area contributed by atoms with E-state index in [9.17, 15) is 5.11 Å². The van der Waals surface area contributed by atoms with Crippen molar-refractivity contribution in [3.63, 3.8) is 0 Å². The van der Waals surface area contributed by atoms with Gasteiger partial charge in [-0.3, -0.25) is 4.48 Å². The van der Waals surface area contributed by atoms with Crippen LogP contribution < -0.4 is 5.32 Å². The molecule has 3 atom stereocenters. The number of nitrogens with one attached hydrogen (secondary N) is 1. The van der Waals surface area contributed by atoms with Crippen LogP contribution in [-0.4, -0.2) is 28.5 Å². The molecule has 0 bridgehead atoms. The van der Waals surface area contributed by atoms with E-state index in [0.717, 1.165) is 13.0 Å². The van der Waals surface area contributed by atoms with Gasteiger partial charge in [0.25, 0.3) is 0 Å². The van der Waals surface area contributed by atoms with E-state index in [4.69, 9.17) is 0 Å². The largest absolute Gasteiger partial charge is 0.345 e. The van der Waals surface area contributed by atoms with Gasteiger partial charge in [-0.05, 0) is 39.0 Å². The molecule has 0 saturated carbocycles. The first-order chi connectivity index (χ1) is 12.2. The number of unbranched alkanes of at least 4 members (excludes halogenated alkanes) is 9.